The lowest BCUT2D eigenvalue weighted by molar-refractivity contribution is 0.0976. The van der Waals surface area contributed by atoms with Gasteiger partial charge in [0, 0.05) is 5.69 Å². The number of rotatable bonds is 2. The summed E-state index contributed by atoms with van der Waals surface area (Å²) < 4.78 is 4.60. The highest BCUT2D eigenvalue weighted by Gasteiger charge is 2.10. The van der Waals surface area contributed by atoms with E-state index in [1.165, 1.54) is 0 Å². The van der Waals surface area contributed by atoms with Crippen molar-refractivity contribution in [3.05, 3.63) is 29.8 Å². The Morgan fingerprint density at radius 3 is 2.63 bits per heavy atom. The normalized spacial score (nSPS) is 9.32. The molecule has 0 aliphatic rings. The number of hydrogen-bond donors (Lipinski definition) is 4. The zero-order valence-corrected chi connectivity index (χ0v) is 11.0. The monoisotopic (exact) mass is 282 g/mol. The summed E-state index contributed by atoms with van der Waals surface area (Å²) in [7, 11) is 0. The average Bonchev–Trinajstić information content (AvgIpc) is 2.37. The quantitative estimate of drug-likeness (QED) is 0.358. The maximum absolute atomic E-state index is 11.8. The highest BCUT2D eigenvalue weighted by Crippen LogP contribution is 2.09. The topological polar surface area (TPSA) is 105 Å². The fourth-order valence-corrected chi connectivity index (χ4v) is 1.32. The third kappa shape index (κ3) is 4.80. The van der Waals surface area contributed by atoms with E-state index in [-0.39, 0.29) is 11.7 Å². The molecule has 0 bridgehead atoms. The zero-order chi connectivity index (χ0) is 14.3. The molecule has 0 saturated heterocycles. The van der Waals surface area contributed by atoms with Crippen LogP contribution in [-0.2, 0) is 4.74 Å². The molecule has 2 amide bonds. The van der Waals surface area contributed by atoms with E-state index in [2.05, 4.69) is 20.9 Å². The van der Waals surface area contributed by atoms with Crippen LogP contribution in [0.2, 0.25) is 0 Å². The number of nitrogens with two attached hydrogens (primary N) is 1. The lowest BCUT2D eigenvalue weighted by Gasteiger charge is -2.11. The van der Waals surface area contributed by atoms with Crippen LogP contribution < -0.4 is 21.9 Å². The van der Waals surface area contributed by atoms with Crippen LogP contribution in [0.4, 0.5) is 10.5 Å². The van der Waals surface area contributed by atoms with Crippen molar-refractivity contribution in [2.75, 3.05) is 12.3 Å². The van der Waals surface area contributed by atoms with Gasteiger partial charge in [0.25, 0.3) is 5.91 Å². The summed E-state index contributed by atoms with van der Waals surface area (Å²) in [5, 5.41) is 2.30. The molecule has 102 valence electrons. The molecule has 0 atom stereocenters. The Hall–Kier alpha value is -2.35. The number of anilines is 1. The van der Waals surface area contributed by atoms with E-state index in [9.17, 15) is 9.59 Å². The summed E-state index contributed by atoms with van der Waals surface area (Å²) in [4.78, 5) is 22.8. The smallest absolute Gasteiger partial charge is 0.425 e. The number of hydrazine groups is 1. The van der Waals surface area contributed by atoms with Gasteiger partial charge in [0.15, 0.2) is 5.11 Å². The zero-order valence-electron chi connectivity index (χ0n) is 10.2. The van der Waals surface area contributed by atoms with Gasteiger partial charge >= 0.3 is 6.09 Å². The third-order valence-corrected chi connectivity index (χ3v) is 2.19. The number of nitrogens with one attached hydrogen (secondary N) is 3. The van der Waals surface area contributed by atoms with E-state index in [1.54, 1.807) is 31.2 Å². The molecule has 0 aliphatic carbocycles. The number of ether oxygens (including phenoxy) is 1. The van der Waals surface area contributed by atoms with Gasteiger partial charge in [-0.2, -0.15) is 0 Å². The SMILES string of the molecule is CCOC(=O)NNC(=S)NC(=O)c1ccccc1N. The molecule has 0 heterocycles. The number of hydrogen-bond acceptors (Lipinski definition) is 5. The Morgan fingerprint density at radius 2 is 2.00 bits per heavy atom. The Morgan fingerprint density at radius 1 is 1.32 bits per heavy atom. The van der Waals surface area contributed by atoms with Crippen molar-refractivity contribution in [3.8, 4) is 0 Å². The predicted octanol–water partition coefficient (Wildman–Crippen LogP) is 0.534. The standard InChI is InChI=1S/C11H14N4O3S/c1-2-18-11(17)15-14-10(19)13-9(16)7-5-3-4-6-8(7)12/h3-6H,2,12H2,1H3,(H,15,17)(H2,13,14,16,19). The van der Waals surface area contributed by atoms with Crippen LogP contribution in [0.1, 0.15) is 17.3 Å². The van der Waals surface area contributed by atoms with Gasteiger partial charge in [0.1, 0.15) is 0 Å². The Bertz CT molecular complexity index is 493. The Kier molecular flexibility index (Phi) is 5.55. The van der Waals surface area contributed by atoms with Crippen LogP contribution in [0.25, 0.3) is 0 Å². The van der Waals surface area contributed by atoms with Gasteiger partial charge in [-0.3, -0.25) is 15.5 Å². The van der Waals surface area contributed by atoms with Gasteiger partial charge in [0.2, 0.25) is 0 Å². The summed E-state index contributed by atoms with van der Waals surface area (Å²) in [6, 6.07) is 6.55. The van der Waals surface area contributed by atoms with Crippen molar-refractivity contribution in [3.63, 3.8) is 0 Å². The minimum atomic E-state index is -0.696. The molecule has 0 spiro atoms. The largest absolute Gasteiger partial charge is 0.449 e. The molecule has 8 heteroatoms. The Labute approximate surface area is 115 Å². The number of para-hydroxylation sites is 1. The number of nitrogen functional groups attached to an aromatic ring is 1. The van der Waals surface area contributed by atoms with Crippen molar-refractivity contribution in [2.24, 2.45) is 0 Å². The second-order valence-corrected chi connectivity index (χ2v) is 3.75. The first kappa shape index (κ1) is 14.7. The van der Waals surface area contributed by atoms with Crippen LogP contribution in [0, 0.1) is 0 Å². The first-order chi connectivity index (χ1) is 9.04. The fraction of sp³-hybridized carbons (Fsp3) is 0.182. The van der Waals surface area contributed by atoms with E-state index in [0.717, 1.165) is 0 Å². The molecular formula is C11H14N4O3S. The summed E-state index contributed by atoms with van der Waals surface area (Å²) in [6.45, 7) is 1.89. The molecule has 7 nitrogen and oxygen atoms in total. The van der Waals surface area contributed by atoms with E-state index in [1.807, 2.05) is 0 Å². The predicted molar refractivity (Wildman–Crippen MR) is 74.2 cm³/mol. The van der Waals surface area contributed by atoms with Gasteiger partial charge < -0.3 is 10.5 Å². The van der Waals surface area contributed by atoms with Gasteiger partial charge in [-0.1, -0.05) is 12.1 Å². The van der Waals surface area contributed by atoms with Crippen LogP contribution >= 0.6 is 12.2 Å². The molecule has 19 heavy (non-hydrogen) atoms. The summed E-state index contributed by atoms with van der Waals surface area (Å²) >= 11 is 4.82. The van der Waals surface area contributed by atoms with Gasteiger partial charge in [0.05, 0.1) is 12.2 Å². The van der Waals surface area contributed by atoms with E-state index in [0.29, 0.717) is 11.3 Å². The number of amides is 2. The highest BCUT2D eigenvalue weighted by molar-refractivity contribution is 7.80. The molecule has 0 fully saturated rings. The Balaban J connectivity index is 2.47. The number of carbonyl (C=O) groups is 2. The first-order valence-electron chi connectivity index (χ1n) is 5.43. The van der Waals surface area contributed by atoms with Crippen molar-refractivity contribution in [1.82, 2.24) is 16.2 Å². The molecule has 0 unspecified atom stereocenters. The van der Waals surface area contributed by atoms with E-state index in [4.69, 9.17) is 18.0 Å². The molecule has 0 radical (unpaired) electrons. The van der Waals surface area contributed by atoms with Crippen molar-refractivity contribution >= 4 is 35.0 Å². The van der Waals surface area contributed by atoms with E-state index < -0.39 is 12.0 Å². The number of thiocarbonyl (C=S) groups is 1. The molecular weight excluding hydrogens is 268 g/mol. The minimum absolute atomic E-state index is 0.0682. The van der Waals surface area contributed by atoms with Gasteiger partial charge in [-0.25, -0.2) is 10.2 Å². The lowest BCUT2D eigenvalue weighted by Crippen LogP contribution is -2.48. The first-order valence-corrected chi connectivity index (χ1v) is 5.84. The van der Waals surface area contributed by atoms with Crippen LogP contribution in [0.3, 0.4) is 0 Å². The molecule has 0 saturated carbocycles. The second-order valence-electron chi connectivity index (χ2n) is 3.34. The van der Waals surface area contributed by atoms with Crippen molar-refractivity contribution in [1.29, 1.82) is 0 Å². The lowest BCUT2D eigenvalue weighted by atomic mass is 10.2. The van der Waals surface area contributed by atoms with Crippen molar-refractivity contribution in [2.45, 2.75) is 6.92 Å². The van der Waals surface area contributed by atoms with Gasteiger partial charge in [-0.15, -0.1) is 0 Å². The summed E-state index contributed by atoms with van der Waals surface area (Å²) in [6.07, 6.45) is -0.696. The van der Waals surface area contributed by atoms with Crippen LogP contribution in [0.15, 0.2) is 24.3 Å². The van der Waals surface area contributed by atoms with E-state index >= 15 is 0 Å². The highest BCUT2D eigenvalue weighted by atomic mass is 32.1. The van der Waals surface area contributed by atoms with Crippen LogP contribution in [-0.4, -0.2) is 23.7 Å². The molecule has 0 aliphatic heterocycles. The molecule has 5 N–H and O–H groups in total. The van der Waals surface area contributed by atoms with Gasteiger partial charge in [-0.05, 0) is 31.3 Å². The molecule has 1 aromatic carbocycles. The molecule has 1 rings (SSSR count). The fourth-order valence-electron chi connectivity index (χ4n) is 1.18. The maximum atomic E-state index is 11.8. The average molecular weight is 282 g/mol. The maximum Gasteiger partial charge on any atom is 0.425 e. The second kappa shape index (κ2) is 7.17. The number of carbonyl (C=O) groups excluding carboxylic acids is 2. The summed E-state index contributed by atoms with van der Waals surface area (Å²) in [5.41, 5.74) is 10.8. The number of benzene rings is 1. The molecule has 1 aromatic rings. The third-order valence-electron chi connectivity index (χ3n) is 1.99. The van der Waals surface area contributed by atoms with Crippen LogP contribution in [0.5, 0.6) is 0 Å². The molecule has 0 aromatic heterocycles. The minimum Gasteiger partial charge on any atom is -0.449 e. The van der Waals surface area contributed by atoms with Crippen molar-refractivity contribution < 1.29 is 14.3 Å². The summed E-state index contributed by atoms with van der Waals surface area (Å²) in [5.74, 6) is -0.471.